The number of nitrogens with two attached hydrogens (primary N) is 1. The molecular formula is C21H16ClF3N4O3. The Kier molecular flexibility index (Phi) is 6.94. The maximum absolute atomic E-state index is 12.9. The van der Waals surface area contributed by atoms with Crippen LogP contribution in [0.5, 0.6) is 11.6 Å². The van der Waals surface area contributed by atoms with E-state index in [1.807, 2.05) is 0 Å². The van der Waals surface area contributed by atoms with Gasteiger partial charge in [-0.2, -0.15) is 18.3 Å². The first-order valence-corrected chi connectivity index (χ1v) is 9.45. The van der Waals surface area contributed by atoms with E-state index in [0.717, 1.165) is 12.1 Å². The molecule has 0 saturated carbocycles. The molecule has 0 amide bonds. The van der Waals surface area contributed by atoms with Crippen molar-refractivity contribution in [1.29, 1.82) is 0 Å². The summed E-state index contributed by atoms with van der Waals surface area (Å²) in [6.45, 7) is 1.23. The highest BCUT2D eigenvalue weighted by molar-refractivity contribution is 6.30. The molecule has 0 unspecified atom stereocenters. The third kappa shape index (κ3) is 5.94. The van der Waals surface area contributed by atoms with E-state index in [9.17, 15) is 18.0 Å². The minimum atomic E-state index is -4.54. The second-order valence-corrected chi connectivity index (χ2v) is 6.95. The van der Waals surface area contributed by atoms with Crippen molar-refractivity contribution >= 4 is 23.2 Å². The number of aryl methyl sites for hydroxylation is 1. The molecule has 7 nitrogen and oxygen atoms in total. The van der Waals surface area contributed by atoms with Gasteiger partial charge in [-0.15, -0.1) is 5.10 Å². The van der Waals surface area contributed by atoms with Crippen LogP contribution < -0.4 is 10.5 Å². The number of rotatable bonds is 7. The van der Waals surface area contributed by atoms with Crippen LogP contribution >= 0.6 is 11.6 Å². The van der Waals surface area contributed by atoms with E-state index < -0.39 is 18.3 Å². The molecule has 0 bridgehead atoms. The Labute approximate surface area is 185 Å². The van der Waals surface area contributed by atoms with Crippen molar-refractivity contribution in [2.24, 2.45) is 10.9 Å². The lowest BCUT2D eigenvalue weighted by Gasteiger charge is -2.12. The van der Waals surface area contributed by atoms with Crippen LogP contribution in [0.25, 0.3) is 0 Å². The smallest absolute Gasteiger partial charge is 0.416 e. The molecule has 2 N–H and O–H groups in total. The molecule has 0 aliphatic rings. The largest absolute Gasteiger partial charge is 0.437 e. The van der Waals surface area contributed by atoms with Gasteiger partial charge in [0.25, 0.3) is 0 Å². The number of hydrogen-bond donors (Lipinski definition) is 1. The molecule has 0 spiro atoms. The highest BCUT2D eigenvalue weighted by Gasteiger charge is 2.30. The number of nitrogens with zero attached hydrogens (tertiary/aromatic N) is 3. The molecule has 1 heterocycles. The summed E-state index contributed by atoms with van der Waals surface area (Å²) in [6, 6.07) is 11.9. The van der Waals surface area contributed by atoms with Gasteiger partial charge in [-0.05, 0) is 55.5 Å². The number of alkyl halides is 3. The van der Waals surface area contributed by atoms with Crippen LogP contribution in [0.3, 0.4) is 0 Å². The Morgan fingerprint density at radius 2 is 1.84 bits per heavy atom. The predicted molar refractivity (Wildman–Crippen MR) is 111 cm³/mol. The van der Waals surface area contributed by atoms with Gasteiger partial charge in [0.2, 0.25) is 11.7 Å². The van der Waals surface area contributed by atoms with E-state index >= 15 is 0 Å². The molecule has 2 aromatic carbocycles. The average molecular weight is 465 g/mol. The lowest BCUT2D eigenvalue weighted by atomic mass is 10.1. The fourth-order valence-electron chi connectivity index (χ4n) is 2.51. The van der Waals surface area contributed by atoms with Gasteiger partial charge in [0, 0.05) is 10.6 Å². The third-order valence-corrected chi connectivity index (χ3v) is 4.31. The van der Waals surface area contributed by atoms with Gasteiger partial charge in [-0.1, -0.05) is 22.8 Å². The quantitative estimate of drug-likeness (QED) is 0.234. The monoisotopic (exact) mass is 464 g/mol. The predicted octanol–water partition coefficient (Wildman–Crippen LogP) is 4.77. The summed E-state index contributed by atoms with van der Waals surface area (Å²) in [4.78, 5) is 17.2. The van der Waals surface area contributed by atoms with Crippen LogP contribution in [0.2, 0.25) is 5.02 Å². The SMILES string of the molecule is Cc1cc(C(N)=NOCC(=O)c2ccc(Cl)cc2)c(Oc2cccc(C(F)(F)F)c2)nn1. The van der Waals surface area contributed by atoms with Gasteiger partial charge in [0.05, 0.1) is 16.8 Å². The highest BCUT2D eigenvalue weighted by Crippen LogP contribution is 2.32. The summed E-state index contributed by atoms with van der Waals surface area (Å²) < 4.78 is 44.3. The zero-order valence-corrected chi connectivity index (χ0v) is 17.3. The summed E-state index contributed by atoms with van der Waals surface area (Å²) in [5.74, 6) is -0.855. The molecule has 0 aliphatic heterocycles. The lowest BCUT2D eigenvalue weighted by molar-refractivity contribution is -0.137. The van der Waals surface area contributed by atoms with Crippen molar-refractivity contribution in [2.75, 3.05) is 6.61 Å². The number of oxime groups is 1. The van der Waals surface area contributed by atoms with Crippen molar-refractivity contribution < 1.29 is 27.5 Å². The van der Waals surface area contributed by atoms with Gasteiger partial charge in [-0.25, -0.2) is 0 Å². The fraction of sp³-hybridized carbons (Fsp3) is 0.143. The van der Waals surface area contributed by atoms with Crippen LogP contribution in [-0.2, 0) is 11.0 Å². The van der Waals surface area contributed by atoms with E-state index in [1.54, 1.807) is 19.1 Å². The molecule has 0 saturated heterocycles. The summed E-state index contributed by atoms with van der Waals surface area (Å²) in [7, 11) is 0. The van der Waals surface area contributed by atoms with Crippen LogP contribution in [0, 0.1) is 6.92 Å². The summed E-state index contributed by atoms with van der Waals surface area (Å²) in [6.07, 6.45) is -4.54. The van der Waals surface area contributed by atoms with Crippen LogP contribution in [0.4, 0.5) is 13.2 Å². The number of amidine groups is 1. The van der Waals surface area contributed by atoms with Crippen molar-refractivity contribution in [3.8, 4) is 11.6 Å². The van der Waals surface area contributed by atoms with E-state index in [4.69, 9.17) is 26.9 Å². The molecular weight excluding hydrogens is 449 g/mol. The van der Waals surface area contributed by atoms with Crippen molar-refractivity contribution in [3.63, 3.8) is 0 Å². The molecule has 166 valence electrons. The number of Topliss-reactive ketones (excluding diaryl/α,β-unsaturated/α-hetero) is 1. The Morgan fingerprint density at radius 1 is 1.12 bits per heavy atom. The standard InChI is InChI=1S/C21H16ClF3N4O3/c1-12-9-17(19(26)29-31-11-18(30)13-5-7-15(22)8-6-13)20(28-27-12)32-16-4-2-3-14(10-16)21(23,24)25/h2-10H,11H2,1H3,(H2,26,29). The van der Waals surface area contributed by atoms with Gasteiger partial charge in [0.1, 0.15) is 5.75 Å². The first-order chi connectivity index (χ1) is 15.1. The first kappa shape index (κ1) is 23.0. The summed E-state index contributed by atoms with van der Waals surface area (Å²) in [5.41, 5.74) is 6.00. The zero-order chi connectivity index (χ0) is 23.3. The second kappa shape index (κ2) is 9.65. The van der Waals surface area contributed by atoms with Crippen LogP contribution in [0.15, 0.2) is 59.8 Å². The molecule has 1 aromatic heterocycles. The second-order valence-electron chi connectivity index (χ2n) is 6.51. The fourth-order valence-corrected chi connectivity index (χ4v) is 2.64. The van der Waals surface area contributed by atoms with E-state index in [2.05, 4.69) is 15.4 Å². The summed E-state index contributed by atoms with van der Waals surface area (Å²) in [5, 5.41) is 11.8. The van der Waals surface area contributed by atoms with Gasteiger partial charge >= 0.3 is 6.18 Å². The number of carbonyl (C=O) groups is 1. The maximum atomic E-state index is 12.9. The third-order valence-electron chi connectivity index (χ3n) is 4.06. The molecule has 0 atom stereocenters. The zero-order valence-electron chi connectivity index (χ0n) is 16.6. The van der Waals surface area contributed by atoms with Crippen LogP contribution in [0.1, 0.15) is 27.2 Å². The van der Waals surface area contributed by atoms with Crippen LogP contribution in [-0.4, -0.2) is 28.4 Å². The molecule has 32 heavy (non-hydrogen) atoms. The highest BCUT2D eigenvalue weighted by atomic mass is 35.5. The average Bonchev–Trinajstić information content (AvgIpc) is 2.75. The minimum Gasteiger partial charge on any atom is -0.437 e. The Morgan fingerprint density at radius 3 is 2.53 bits per heavy atom. The number of ketones is 1. The van der Waals surface area contributed by atoms with Crippen molar-refractivity contribution in [3.05, 3.63) is 82.0 Å². The number of halogens is 4. The molecule has 0 fully saturated rings. The van der Waals surface area contributed by atoms with Gasteiger partial charge in [0.15, 0.2) is 12.4 Å². The number of benzene rings is 2. The Hall–Kier alpha value is -3.66. The van der Waals surface area contributed by atoms with E-state index in [1.165, 1.54) is 30.3 Å². The Balaban J connectivity index is 1.76. The first-order valence-electron chi connectivity index (χ1n) is 9.07. The number of ether oxygens (including phenoxy) is 1. The summed E-state index contributed by atoms with van der Waals surface area (Å²) >= 11 is 5.79. The number of carbonyl (C=O) groups excluding carboxylic acids is 1. The molecule has 0 aliphatic carbocycles. The lowest BCUT2D eigenvalue weighted by Crippen LogP contribution is -2.18. The normalized spacial score (nSPS) is 11.8. The number of aromatic nitrogens is 2. The molecule has 11 heteroatoms. The minimum absolute atomic E-state index is 0.120. The van der Waals surface area contributed by atoms with Gasteiger partial charge < -0.3 is 15.3 Å². The van der Waals surface area contributed by atoms with Crippen molar-refractivity contribution in [2.45, 2.75) is 13.1 Å². The molecule has 0 radical (unpaired) electrons. The number of hydrogen-bond acceptors (Lipinski definition) is 6. The molecule has 3 rings (SSSR count). The maximum Gasteiger partial charge on any atom is 0.416 e. The molecule has 3 aromatic rings. The Bertz CT molecular complexity index is 1150. The van der Waals surface area contributed by atoms with E-state index in [-0.39, 0.29) is 28.8 Å². The topological polar surface area (TPSA) is 99.7 Å². The van der Waals surface area contributed by atoms with Gasteiger partial charge in [-0.3, -0.25) is 4.79 Å². The van der Waals surface area contributed by atoms with Crippen molar-refractivity contribution in [1.82, 2.24) is 10.2 Å². The van der Waals surface area contributed by atoms with E-state index in [0.29, 0.717) is 16.3 Å².